The molecule has 2 aliphatic rings. The van der Waals surface area contributed by atoms with Crippen molar-refractivity contribution in [3.63, 3.8) is 0 Å². The highest BCUT2D eigenvalue weighted by atomic mass is 32.1. The summed E-state index contributed by atoms with van der Waals surface area (Å²) in [5.74, 6) is 0.957. The molecule has 3 aromatic rings. The Bertz CT molecular complexity index is 861. The highest BCUT2D eigenvalue weighted by molar-refractivity contribution is 7.15. The van der Waals surface area contributed by atoms with Crippen LogP contribution in [0.2, 0.25) is 0 Å². The molecule has 0 aromatic carbocycles. The maximum atomic E-state index is 5.52. The molecule has 24 heavy (non-hydrogen) atoms. The summed E-state index contributed by atoms with van der Waals surface area (Å²) in [5.41, 5.74) is 1.98. The van der Waals surface area contributed by atoms with Gasteiger partial charge in [0.2, 0.25) is 0 Å². The van der Waals surface area contributed by atoms with Crippen molar-refractivity contribution >= 4 is 27.9 Å². The van der Waals surface area contributed by atoms with Crippen LogP contribution in [-0.2, 0) is 17.8 Å². The monoisotopic (exact) mass is 343 g/mol. The maximum Gasteiger partial charge on any atom is 0.185 e. The topological polar surface area (TPSA) is 71.7 Å². The minimum atomic E-state index is 0.455. The van der Waals surface area contributed by atoms with Gasteiger partial charge in [0.15, 0.2) is 10.8 Å². The molecule has 0 bridgehead atoms. The van der Waals surface area contributed by atoms with Gasteiger partial charge >= 0.3 is 0 Å². The first-order valence-corrected chi connectivity index (χ1v) is 8.81. The highest BCUT2D eigenvalue weighted by Gasteiger charge is 2.33. The number of rotatable bonds is 3. The molecule has 8 nitrogen and oxygen atoms in total. The minimum absolute atomic E-state index is 0.455. The summed E-state index contributed by atoms with van der Waals surface area (Å²) in [6.07, 6.45) is 2.56. The van der Waals surface area contributed by atoms with Crippen LogP contribution in [0.1, 0.15) is 10.6 Å². The molecule has 1 saturated heterocycles. The Hall–Kier alpha value is -2.26. The SMILES string of the molecule is CN(c1nc2c(s1)COCC2)C1CN(c2ccc3nncn3n2)C1. The Morgan fingerprint density at radius 2 is 2.25 bits per heavy atom. The first kappa shape index (κ1) is 14.1. The molecular weight excluding hydrogens is 326 g/mol. The number of thiazole rings is 1. The van der Waals surface area contributed by atoms with E-state index in [4.69, 9.17) is 9.72 Å². The second-order valence-electron chi connectivity index (χ2n) is 6.16. The average molecular weight is 343 g/mol. The lowest BCUT2D eigenvalue weighted by atomic mass is 10.1. The van der Waals surface area contributed by atoms with Crippen LogP contribution in [0, 0.1) is 0 Å². The average Bonchev–Trinajstić information content (AvgIpc) is 3.19. The highest BCUT2D eigenvalue weighted by Crippen LogP contribution is 2.32. The van der Waals surface area contributed by atoms with Gasteiger partial charge in [-0.15, -0.1) is 15.3 Å². The molecule has 0 spiro atoms. The fraction of sp³-hybridized carbons (Fsp3) is 0.467. The lowest BCUT2D eigenvalue weighted by Crippen LogP contribution is -2.59. The fourth-order valence-corrected chi connectivity index (χ4v) is 4.17. The van der Waals surface area contributed by atoms with Crippen LogP contribution >= 0.6 is 11.3 Å². The van der Waals surface area contributed by atoms with Gasteiger partial charge in [-0.1, -0.05) is 11.3 Å². The zero-order valence-corrected chi connectivity index (χ0v) is 14.1. The van der Waals surface area contributed by atoms with Crippen LogP contribution < -0.4 is 9.80 Å². The summed E-state index contributed by atoms with van der Waals surface area (Å²) in [6.45, 7) is 3.38. The van der Waals surface area contributed by atoms with Gasteiger partial charge in [0.1, 0.15) is 12.1 Å². The number of anilines is 2. The molecule has 0 saturated carbocycles. The molecule has 3 aromatic heterocycles. The number of ether oxygens (including phenoxy) is 1. The van der Waals surface area contributed by atoms with Gasteiger partial charge in [-0.25, -0.2) is 4.98 Å². The first-order chi connectivity index (χ1) is 11.8. The molecule has 0 N–H and O–H groups in total. The molecule has 0 amide bonds. The molecule has 0 aliphatic carbocycles. The van der Waals surface area contributed by atoms with Gasteiger partial charge in [0.25, 0.3) is 0 Å². The smallest absolute Gasteiger partial charge is 0.185 e. The van der Waals surface area contributed by atoms with Crippen LogP contribution in [0.15, 0.2) is 18.5 Å². The van der Waals surface area contributed by atoms with Gasteiger partial charge in [0.05, 0.1) is 29.8 Å². The van der Waals surface area contributed by atoms with Crippen molar-refractivity contribution in [2.75, 3.05) is 36.5 Å². The summed E-state index contributed by atoms with van der Waals surface area (Å²) in [5, 5.41) is 13.5. The van der Waals surface area contributed by atoms with E-state index in [1.54, 1.807) is 22.2 Å². The number of nitrogens with zero attached hydrogens (tertiary/aromatic N) is 7. The van der Waals surface area contributed by atoms with Gasteiger partial charge in [-0.05, 0) is 12.1 Å². The molecule has 5 heterocycles. The van der Waals surface area contributed by atoms with Crippen molar-refractivity contribution in [2.24, 2.45) is 0 Å². The van der Waals surface area contributed by atoms with Crippen molar-refractivity contribution in [2.45, 2.75) is 19.1 Å². The van der Waals surface area contributed by atoms with Crippen LogP contribution in [0.4, 0.5) is 10.9 Å². The normalized spacial score (nSPS) is 17.8. The van der Waals surface area contributed by atoms with Crippen LogP contribution in [0.3, 0.4) is 0 Å². The Morgan fingerprint density at radius 1 is 1.33 bits per heavy atom. The summed E-state index contributed by atoms with van der Waals surface area (Å²) >= 11 is 1.76. The third kappa shape index (κ3) is 2.23. The quantitative estimate of drug-likeness (QED) is 0.702. The predicted octanol–water partition coefficient (Wildman–Crippen LogP) is 0.978. The van der Waals surface area contributed by atoms with Gasteiger partial charge in [-0.3, -0.25) is 0 Å². The van der Waals surface area contributed by atoms with Gasteiger partial charge < -0.3 is 14.5 Å². The number of aromatic nitrogens is 5. The largest absolute Gasteiger partial charge is 0.375 e. The van der Waals surface area contributed by atoms with E-state index in [0.29, 0.717) is 12.6 Å². The molecule has 0 atom stereocenters. The zero-order valence-electron chi connectivity index (χ0n) is 13.3. The second kappa shape index (κ2) is 5.38. The number of hydrogen-bond acceptors (Lipinski definition) is 8. The maximum absolute atomic E-state index is 5.52. The third-order valence-corrected chi connectivity index (χ3v) is 5.83. The standard InChI is InChI=1S/C15H17N7OS/c1-20(15-17-11-4-5-23-8-12(11)24-15)10-6-21(7-10)14-3-2-13-18-16-9-22(13)19-14/h2-3,9-10H,4-8H2,1H3. The molecular formula is C15H17N7OS. The fourth-order valence-electron chi connectivity index (χ4n) is 3.09. The van der Waals surface area contributed by atoms with E-state index in [-0.39, 0.29) is 0 Å². The Morgan fingerprint density at radius 3 is 3.12 bits per heavy atom. The van der Waals surface area contributed by atoms with E-state index in [0.717, 1.165) is 42.7 Å². The lowest BCUT2D eigenvalue weighted by Gasteiger charge is -2.44. The molecule has 9 heteroatoms. The summed E-state index contributed by atoms with van der Waals surface area (Å²) < 4.78 is 7.23. The molecule has 1 fully saturated rings. The van der Waals surface area contributed by atoms with E-state index in [1.165, 1.54) is 10.6 Å². The van der Waals surface area contributed by atoms with Gasteiger partial charge in [0, 0.05) is 26.6 Å². The van der Waals surface area contributed by atoms with Crippen LogP contribution in [0.25, 0.3) is 5.65 Å². The molecule has 5 rings (SSSR count). The summed E-state index contributed by atoms with van der Waals surface area (Å²) in [7, 11) is 2.13. The minimum Gasteiger partial charge on any atom is -0.375 e. The number of likely N-dealkylation sites (N-methyl/N-ethyl adjacent to an activating group) is 1. The Kier molecular flexibility index (Phi) is 3.17. The van der Waals surface area contributed by atoms with Crippen LogP contribution in [-0.4, -0.2) is 57.6 Å². The van der Waals surface area contributed by atoms with Crippen LogP contribution in [0.5, 0.6) is 0 Å². The first-order valence-electron chi connectivity index (χ1n) is 7.99. The number of hydrogen-bond donors (Lipinski definition) is 0. The van der Waals surface area contributed by atoms with E-state index in [1.807, 2.05) is 12.1 Å². The van der Waals surface area contributed by atoms with Crippen molar-refractivity contribution in [1.29, 1.82) is 0 Å². The second-order valence-corrected chi connectivity index (χ2v) is 7.23. The van der Waals surface area contributed by atoms with Crippen molar-refractivity contribution in [1.82, 2.24) is 24.8 Å². The van der Waals surface area contributed by atoms with E-state index >= 15 is 0 Å². The molecule has 2 aliphatic heterocycles. The van der Waals surface area contributed by atoms with E-state index in [9.17, 15) is 0 Å². The lowest BCUT2D eigenvalue weighted by molar-refractivity contribution is 0.112. The van der Waals surface area contributed by atoms with Crippen molar-refractivity contribution in [3.05, 3.63) is 29.0 Å². The number of fused-ring (bicyclic) bond motifs is 2. The summed E-state index contributed by atoms with van der Waals surface area (Å²) in [6, 6.07) is 4.40. The summed E-state index contributed by atoms with van der Waals surface area (Å²) in [4.78, 5) is 10.6. The molecule has 0 radical (unpaired) electrons. The Balaban J connectivity index is 1.29. The van der Waals surface area contributed by atoms with Crippen molar-refractivity contribution < 1.29 is 4.74 Å². The predicted molar refractivity (Wildman–Crippen MR) is 90.7 cm³/mol. The van der Waals surface area contributed by atoms with Gasteiger partial charge in [-0.2, -0.15) is 4.52 Å². The molecule has 0 unspecified atom stereocenters. The Labute approximate surface area is 142 Å². The third-order valence-electron chi connectivity index (χ3n) is 4.67. The van der Waals surface area contributed by atoms with Crippen molar-refractivity contribution in [3.8, 4) is 0 Å². The molecule has 124 valence electrons. The van der Waals surface area contributed by atoms with E-state index < -0.39 is 0 Å². The van der Waals surface area contributed by atoms with E-state index in [2.05, 4.69) is 32.1 Å². The zero-order chi connectivity index (χ0) is 16.1.